The fraction of sp³-hybridized carbons (Fsp3) is 0.846. The zero-order valence-corrected chi connectivity index (χ0v) is 10.9. The van der Waals surface area contributed by atoms with E-state index in [1.165, 1.54) is 12.8 Å². The van der Waals surface area contributed by atoms with Crippen LogP contribution < -0.4 is 0 Å². The summed E-state index contributed by atoms with van der Waals surface area (Å²) in [5.41, 5.74) is 3.56. The van der Waals surface area contributed by atoms with Crippen molar-refractivity contribution < 1.29 is 0 Å². The fourth-order valence-electron chi connectivity index (χ4n) is 1.69. The lowest BCUT2D eigenvalue weighted by molar-refractivity contribution is 0.480. The van der Waals surface area contributed by atoms with Crippen LogP contribution in [0.3, 0.4) is 0 Å². The van der Waals surface area contributed by atoms with E-state index in [9.17, 15) is 0 Å². The summed E-state index contributed by atoms with van der Waals surface area (Å²) in [7, 11) is 0. The summed E-state index contributed by atoms with van der Waals surface area (Å²) in [6.07, 6.45) is 2.39. The monoisotopic (exact) mass is 184 g/mol. The minimum atomic E-state index is 0.370. The molecule has 0 aliphatic rings. The Kier molecular flexibility index (Phi) is 8.40. The van der Waals surface area contributed by atoms with Gasteiger partial charge in [-0.1, -0.05) is 59.6 Å². The molecule has 13 heavy (non-hydrogen) atoms. The van der Waals surface area contributed by atoms with Gasteiger partial charge in [0.1, 0.15) is 0 Å². The maximum Gasteiger partial charge on any atom is -0.0171 e. The summed E-state index contributed by atoms with van der Waals surface area (Å²) in [6.45, 7) is 17.6. The molecule has 0 saturated carbocycles. The molecule has 0 aliphatic heterocycles. The molecule has 0 nitrogen and oxygen atoms in total. The van der Waals surface area contributed by atoms with Crippen LogP contribution in [0.5, 0.6) is 0 Å². The van der Waals surface area contributed by atoms with Crippen LogP contribution in [-0.4, -0.2) is 0 Å². The van der Waals surface area contributed by atoms with Crippen molar-refractivity contribution in [3.63, 3.8) is 0 Å². The zero-order chi connectivity index (χ0) is 11.1. The largest absolute Gasteiger partial charge is 0.0739 e. The molecule has 0 aromatic rings. The van der Waals surface area contributed by atoms with Crippen LogP contribution in [0.4, 0.5) is 0 Å². The van der Waals surface area contributed by atoms with Crippen LogP contribution in [0.2, 0.25) is 0 Å². The Hall–Kier alpha value is -0.260. The minimum Gasteiger partial charge on any atom is -0.0739 e. The lowest BCUT2D eigenvalue weighted by atomic mass is 9.81. The van der Waals surface area contributed by atoms with Crippen LogP contribution in [0.15, 0.2) is 11.1 Å². The van der Waals surface area contributed by atoms with Crippen molar-refractivity contribution in [2.45, 2.75) is 68.2 Å². The Bertz CT molecular complexity index is 144. The van der Waals surface area contributed by atoms with E-state index < -0.39 is 0 Å². The number of hydrogen-bond donors (Lipinski definition) is 0. The van der Waals surface area contributed by atoms with Crippen molar-refractivity contribution in [2.75, 3.05) is 0 Å². The maximum absolute atomic E-state index is 2.30. The first-order valence-corrected chi connectivity index (χ1v) is 5.62. The highest BCUT2D eigenvalue weighted by Gasteiger charge is 2.16. The van der Waals surface area contributed by atoms with E-state index in [0.29, 0.717) is 5.41 Å². The lowest BCUT2D eigenvalue weighted by Gasteiger charge is -2.24. The van der Waals surface area contributed by atoms with Crippen LogP contribution >= 0.6 is 0 Å². The molecule has 0 aliphatic carbocycles. The molecule has 0 N–H and O–H groups in total. The van der Waals surface area contributed by atoms with E-state index in [4.69, 9.17) is 0 Å². The van der Waals surface area contributed by atoms with Gasteiger partial charge >= 0.3 is 0 Å². The average molecular weight is 184 g/mol. The zero-order valence-electron chi connectivity index (χ0n) is 10.9. The summed E-state index contributed by atoms with van der Waals surface area (Å²) in [5.74, 6) is 0. The molecule has 0 amide bonds. The van der Waals surface area contributed by atoms with Gasteiger partial charge in [0.05, 0.1) is 0 Å². The Labute approximate surface area is 85.4 Å². The summed E-state index contributed by atoms with van der Waals surface area (Å²) < 4.78 is 0. The van der Waals surface area contributed by atoms with E-state index in [0.717, 1.165) is 0 Å². The van der Waals surface area contributed by atoms with Crippen LogP contribution in [0.1, 0.15) is 68.2 Å². The molecule has 0 heteroatoms. The molecule has 0 fully saturated rings. The summed E-state index contributed by atoms with van der Waals surface area (Å²) in [4.78, 5) is 0. The van der Waals surface area contributed by atoms with Crippen LogP contribution in [0.25, 0.3) is 0 Å². The number of rotatable bonds is 2. The predicted molar refractivity (Wildman–Crippen MR) is 64.1 cm³/mol. The van der Waals surface area contributed by atoms with Gasteiger partial charge in [-0.2, -0.15) is 0 Å². The first kappa shape index (κ1) is 15.2. The van der Waals surface area contributed by atoms with E-state index in [1.807, 2.05) is 13.8 Å². The standard InChI is InChI=1S/C11H22.C2H6/c1-7-9(3)10(8-2)11(4,5)6;1-2/h7-8H2,1-6H3;1-2H3/b10-9-;. The number of allylic oxidation sites excluding steroid dienone is 2. The van der Waals surface area contributed by atoms with Crippen molar-refractivity contribution in [3.05, 3.63) is 11.1 Å². The molecule has 0 saturated heterocycles. The van der Waals surface area contributed by atoms with Gasteiger partial charge in [-0.05, 0) is 25.2 Å². The summed E-state index contributed by atoms with van der Waals surface area (Å²) in [5, 5.41) is 0. The minimum absolute atomic E-state index is 0.370. The van der Waals surface area contributed by atoms with Gasteiger partial charge in [0, 0.05) is 0 Å². The van der Waals surface area contributed by atoms with Gasteiger partial charge in [0.15, 0.2) is 0 Å². The normalized spacial score (nSPS) is 12.9. The third kappa shape index (κ3) is 5.90. The molecule has 0 heterocycles. The van der Waals surface area contributed by atoms with Gasteiger partial charge in [-0.3, -0.25) is 0 Å². The van der Waals surface area contributed by atoms with Crippen LogP contribution in [0, 0.1) is 5.41 Å². The van der Waals surface area contributed by atoms with Crippen molar-refractivity contribution >= 4 is 0 Å². The third-order valence-corrected chi connectivity index (χ3v) is 2.30. The highest BCUT2D eigenvalue weighted by atomic mass is 14.2. The highest BCUT2D eigenvalue weighted by Crippen LogP contribution is 2.31. The topological polar surface area (TPSA) is 0 Å². The fourth-order valence-corrected chi connectivity index (χ4v) is 1.69. The molecule has 0 radical (unpaired) electrons. The van der Waals surface area contributed by atoms with Crippen molar-refractivity contribution in [3.8, 4) is 0 Å². The van der Waals surface area contributed by atoms with Gasteiger partial charge in [0.25, 0.3) is 0 Å². The SMILES string of the molecule is CC.CC/C(C)=C(/CC)C(C)(C)C. The van der Waals surface area contributed by atoms with Gasteiger partial charge in [-0.25, -0.2) is 0 Å². The molecule has 0 rings (SSSR count). The van der Waals surface area contributed by atoms with E-state index in [1.54, 1.807) is 11.1 Å². The first-order chi connectivity index (χ1) is 5.93. The highest BCUT2D eigenvalue weighted by molar-refractivity contribution is 5.17. The van der Waals surface area contributed by atoms with Gasteiger partial charge in [-0.15, -0.1) is 0 Å². The third-order valence-electron chi connectivity index (χ3n) is 2.30. The van der Waals surface area contributed by atoms with Crippen LogP contribution in [-0.2, 0) is 0 Å². The number of hydrogen-bond acceptors (Lipinski definition) is 0. The molecule has 0 unspecified atom stereocenters. The van der Waals surface area contributed by atoms with Crippen molar-refractivity contribution in [1.29, 1.82) is 0 Å². The second kappa shape index (κ2) is 7.17. The van der Waals surface area contributed by atoms with Crippen molar-refractivity contribution in [2.24, 2.45) is 5.41 Å². The molecular weight excluding hydrogens is 156 g/mol. The maximum atomic E-state index is 2.30. The smallest absolute Gasteiger partial charge is 0.0171 e. The van der Waals surface area contributed by atoms with E-state index in [-0.39, 0.29) is 0 Å². The Balaban J connectivity index is 0. The van der Waals surface area contributed by atoms with Gasteiger partial charge in [0.2, 0.25) is 0 Å². The molecular formula is C13H28. The van der Waals surface area contributed by atoms with E-state index >= 15 is 0 Å². The molecule has 0 aromatic carbocycles. The summed E-state index contributed by atoms with van der Waals surface area (Å²) in [6, 6.07) is 0. The Morgan fingerprint density at radius 2 is 1.31 bits per heavy atom. The first-order valence-electron chi connectivity index (χ1n) is 5.62. The Morgan fingerprint density at radius 3 is 1.38 bits per heavy atom. The second-order valence-corrected chi connectivity index (χ2v) is 4.22. The summed E-state index contributed by atoms with van der Waals surface area (Å²) >= 11 is 0. The molecule has 80 valence electrons. The quantitative estimate of drug-likeness (QED) is 0.518. The van der Waals surface area contributed by atoms with Gasteiger partial charge < -0.3 is 0 Å². The average Bonchev–Trinajstić information content (AvgIpc) is 2.06. The van der Waals surface area contributed by atoms with Crippen molar-refractivity contribution in [1.82, 2.24) is 0 Å². The van der Waals surface area contributed by atoms with E-state index in [2.05, 4.69) is 41.5 Å². The molecule has 0 aromatic heterocycles. The lowest BCUT2D eigenvalue weighted by Crippen LogP contribution is -2.10. The predicted octanol–water partition coefficient (Wildman–Crippen LogP) is 5.20. The molecule has 0 atom stereocenters. The second-order valence-electron chi connectivity index (χ2n) is 4.22. The molecule has 0 spiro atoms. The molecule has 0 bridgehead atoms. The Morgan fingerprint density at radius 1 is 0.923 bits per heavy atom.